The van der Waals surface area contributed by atoms with Crippen LogP contribution in [0.4, 0.5) is 0 Å². The zero-order valence-corrected chi connectivity index (χ0v) is 52.4. The number of allylic oxidation sites excluding steroid dienone is 14. The van der Waals surface area contributed by atoms with E-state index in [0.29, 0.717) is 19.3 Å². The molecule has 0 spiro atoms. The molecule has 0 amide bonds. The van der Waals surface area contributed by atoms with Gasteiger partial charge in [0.2, 0.25) is 0 Å². The van der Waals surface area contributed by atoms with E-state index in [1.54, 1.807) is 0 Å². The van der Waals surface area contributed by atoms with Gasteiger partial charge in [-0.05, 0) is 116 Å². The number of hydrogen-bond donors (Lipinski definition) is 0. The lowest BCUT2D eigenvalue weighted by molar-refractivity contribution is -0.167. The predicted octanol–water partition coefficient (Wildman–Crippen LogP) is 23.4. The zero-order valence-electron chi connectivity index (χ0n) is 52.4. The Labute approximate surface area is 490 Å². The molecule has 1 unspecified atom stereocenters. The minimum absolute atomic E-state index is 0.0930. The summed E-state index contributed by atoms with van der Waals surface area (Å²) in [6.45, 7) is 6.49. The largest absolute Gasteiger partial charge is 0.462 e. The second kappa shape index (κ2) is 67.1. The molecule has 0 heterocycles. The molecule has 0 fully saturated rings. The van der Waals surface area contributed by atoms with E-state index in [9.17, 15) is 14.4 Å². The molecule has 0 aliphatic rings. The molecule has 0 radical (unpaired) electrons. The number of esters is 3. The molecule has 0 rings (SSSR count). The van der Waals surface area contributed by atoms with Gasteiger partial charge in [-0.25, -0.2) is 0 Å². The molecule has 0 N–H and O–H groups in total. The fourth-order valence-electron chi connectivity index (χ4n) is 9.76. The van der Waals surface area contributed by atoms with Gasteiger partial charge in [-0.1, -0.05) is 292 Å². The molecule has 0 aromatic heterocycles. The van der Waals surface area contributed by atoms with Crippen LogP contribution in [0, 0.1) is 0 Å². The molecule has 0 aromatic carbocycles. The summed E-state index contributed by atoms with van der Waals surface area (Å²) >= 11 is 0. The summed E-state index contributed by atoms with van der Waals surface area (Å²) in [5, 5.41) is 0. The SMILES string of the molecule is CC/C=C\C/C=C\C/C=C\C/C=C\CCCCC(=O)OC(COC(=O)CCCCCCC/C=C\CCCCCC)COC(=O)CCCCCCCCCCCCCCCCCCCCCCC/C=C\C/C=C\CCCCCCC. The van der Waals surface area contributed by atoms with Crippen LogP contribution >= 0.6 is 0 Å². The third kappa shape index (κ3) is 65.3. The maximum atomic E-state index is 12.9. The van der Waals surface area contributed by atoms with Crippen molar-refractivity contribution in [2.75, 3.05) is 13.2 Å². The highest BCUT2D eigenvalue weighted by Crippen LogP contribution is 2.17. The first-order chi connectivity index (χ1) is 39.0. The smallest absolute Gasteiger partial charge is 0.306 e. The Balaban J connectivity index is 4.14. The molecule has 79 heavy (non-hydrogen) atoms. The number of hydrogen-bond acceptors (Lipinski definition) is 6. The van der Waals surface area contributed by atoms with Crippen molar-refractivity contribution in [3.05, 3.63) is 85.1 Å². The fourth-order valence-corrected chi connectivity index (χ4v) is 9.76. The Morgan fingerprint density at radius 2 is 0.494 bits per heavy atom. The molecule has 0 aliphatic heterocycles. The van der Waals surface area contributed by atoms with Crippen LogP contribution in [-0.4, -0.2) is 37.2 Å². The van der Waals surface area contributed by atoms with Crippen LogP contribution in [0.3, 0.4) is 0 Å². The van der Waals surface area contributed by atoms with Crippen molar-refractivity contribution in [2.45, 2.75) is 348 Å². The standard InChI is InChI=1S/C73H128O6/c1-4-7-10-13-16-19-22-25-27-28-29-30-31-32-33-34-35-36-37-38-39-40-41-42-43-44-46-48-51-54-57-60-63-66-72(75)78-69-70(68-77-71(74)65-62-59-56-53-50-47-24-21-18-15-12-9-6-3)79-73(76)67-64-61-58-55-52-49-45-26-23-20-17-14-11-8-5-2/h8,11,17,20-22,24-26,28-29,45,52,55,70H,4-7,9-10,12-16,18-19,23,27,30-44,46-51,53-54,56-69H2,1-3H3/b11-8-,20-17-,24-21-,25-22-,29-28-,45-26-,55-52-. The minimum atomic E-state index is -0.801. The Morgan fingerprint density at radius 1 is 0.266 bits per heavy atom. The lowest BCUT2D eigenvalue weighted by Gasteiger charge is -2.18. The third-order valence-corrected chi connectivity index (χ3v) is 14.9. The van der Waals surface area contributed by atoms with Crippen molar-refractivity contribution in [3.63, 3.8) is 0 Å². The lowest BCUT2D eigenvalue weighted by atomic mass is 10.0. The molecule has 0 saturated heterocycles. The second-order valence-electron chi connectivity index (χ2n) is 22.7. The van der Waals surface area contributed by atoms with Crippen LogP contribution in [0.2, 0.25) is 0 Å². The summed E-state index contributed by atoms with van der Waals surface area (Å²) in [4.78, 5) is 38.3. The van der Waals surface area contributed by atoms with Gasteiger partial charge in [0.15, 0.2) is 6.10 Å². The van der Waals surface area contributed by atoms with E-state index >= 15 is 0 Å². The van der Waals surface area contributed by atoms with Crippen molar-refractivity contribution >= 4 is 17.9 Å². The molecular formula is C73H128O6. The second-order valence-corrected chi connectivity index (χ2v) is 22.7. The normalized spacial score (nSPS) is 12.6. The van der Waals surface area contributed by atoms with Gasteiger partial charge in [-0.15, -0.1) is 0 Å². The highest BCUT2D eigenvalue weighted by molar-refractivity contribution is 5.71. The van der Waals surface area contributed by atoms with Gasteiger partial charge in [-0.3, -0.25) is 14.4 Å². The molecule has 0 aliphatic carbocycles. The van der Waals surface area contributed by atoms with Crippen molar-refractivity contribution < 1.29 is 28.6 Å². The van der Waals surface area contributed by atoms with E-state index in [1.807, 2.05) is 0 Å². The molecule has 456 valence electrons. The van der Waals surface area contributed by atoms with E-state index in [4.69, 9.17) is 14.2 Å². The number of carbonyl (C=O) groups is 3. The number of carbonyl (C=O) groups excluding carboxylic acids is 3. The highest BCUT2D eigenvalue weighted by Gasteiger charge is 2.19. The van der Waals surface area contributed by atoms with Gasteiger partial charge in [0.25, 0.3) is 0 Å². The van der Waals surface area contributed by atoms with Gasteiger partial charge < -0.3 is 14.2 Å². The Bertz CT molecular complexity index is 1500. The predicted molar refractivity (Wildman–Crippen MR) is 344 cm³/mol. The highest BCUT2D eigenvalue weighted by atomic mass is 16.6. The van der Waals surface area contributed by atoms with E-state index < -0.39 is 6.10 Å². The quantitative estimate of drug-likeness (QED) is 0.0261. The van der Waals surface area contributed by atoms with Crippen LogP contribution in [0.1, 0.15) is 342 Å². The average molecular weight is 1100 g/mol. The van der Waals surface area contributed by atoms with Crippen molar-refractivity contribution in [3.8, 4) is 0 Å². The zero-order chi connectivity index (χ0) is 57.1. The minimum Gasteiger partial charge on any atom is -0.462 e. The molecule has 6 heteroatoms. The van der Waals surface area contributed by atoms with Gasteiger partial charge in [0.1, 0.15) is 13.2 Å². The Hall–Kier alpha value is -3.41. The maximum absolute atomic E-state index is 12.9. The molecule has 1 atom stereocenters. The van der Waals surface area contributed by atoms with Gasteiger partial charge in [0, 0.05) is 19.3 Å². The van der Waals surface area contributed by atoms with Gasteiger partial charge in [0.05, 0.1) is 0 Å². The number of ether oxygens (including phenoxy) is 3. The van der Waals surface area contributed by atoms with E-state index in [0.717, 1.165) is 89.9 Å². The summed E-state index contributed by atoms with van der Waals surface area (Å²) in [7, 11) is 0. The number of unbranched alkanes of at least 4 members (excludes halogenated alkanes) is 37. The lowest BCUT2D eigenvalue weighted by Crippen LogP contribution is -2.30. The van der Waals surface area contributed by atoms with Crippen LogP contribution < -0.4 is 0 Å². The summed E-state index contributed by atoms with van der Waals surface area (Å²) in [6.07, 6.45) is 89.1. The number of rotatable bonds is 62. The monoisotopic (exact) mass is 1100 g/mol. The topological polar surface area (TPSA) is 78.9 Å². The summed E-state index contributed by atoms with van der Waals surface area (Å²) < 4.78 is 16.9. The van der Waals surface area contributed by atoms with Crippen LogP contribution in [0.15, 0.2) is 85.1 Å². The van der Waals surface area contributed by atoms with Crippen molar-refractivity contribution in [1.29, 1.82) is 0 Å². The molecule has 6 nitrogen and oxygen atoms in total. The van der Waals surface area contributed by atoms with E-state index in [-0.39, 0.29) is 37.5 Å². The fraction of sp³-hybridized carbons (Fsp3) is 0.767. The van der Waals surface area contributed by atoms with Crippen LogP contribution in [0.25, 0.3) is 0 Å². The molecule has 0 aromatic rings. The third-order valence-electron chi connectivity index (χ3n) is 14.9. The first kappa shape index (κ1) is 75.6. The van der Waals surface area contributed by atoms with E-state index in [1.165, 1.54) is 205 Å². The van der Waals surface area contributed by atoms with Gasteiger partial charge in [-0.2, -0.15) is 0 Å². The van der Waals surface area contributed by atoms with Crippen LogP contribution in [0.5, 0.6) is 0 Å². The summed E-state index contributed by atoms with van der Waals surface area (Å²) in [5.74, 6) is -0.931. The van der Waals surface area contributed by atoms with Gasteiger partial charge >= 0.3 is 17.9 Å². The van der Waals surface area contributed by atoms with Crippen molar-refractivity contribution in [2.24, 2.45) is 0 Å². The average Bonchev–Trinajstić information content (AvgIpc) is 3.45. The van der Waals surface area contributed by atoms with Crippen LogP contribution in [-0.2, 0) is 28.6 Å². The summed E-state index contributed by atoms with van der Waals surface area (Å²) in [6, 6.07) is 0. The molecule has 0 bridgehead atoms. The maximum Gasteiger partial charge on any atom is 0.306 e. The molecule has 0 saturated carbocycles. The van der Waals surface area contributed by atoms with E-state index in [2.05, 4.69) is 106 Å². The Kier molecular flexibility index (Phi) is 64.2. The van der Waals surface area contributed by atoms with Crippen molar-refractivity contribution in [1.82, 2.24) is 0 Å². The summed E-state index contributed by atoms with van der Waals surface area (Å²) in [5.41, 5.74) is 0. The Morgan fingerprint density at radius 3 is 0.823 bits per heavy atom. The first-order valence-corrected chi connectivity index (χ1v) is 34.1. The first-order valence-electron chi connectivity index (χ1n) is 34.1. The molecular weight excluding hydrogens is 973 g/mol.